The summed E-state index contributed by atoms with van der Waals surface area (Å²) in [6.07, 6.45) is 9.77. The first-order valence-corrected chi connectivity index (χ1v) is 8.84. The second-order valence-electron chi connectivity index (χ2n) is 5.22. The van der Waals surface area contributed by atoms with Crippen molar-refractivity contribution in [2.75, 3.05) is 0 Å². The van der Waals surface area contributed by atoms with Crippen molar-refractivity contribution in [2.24, 2.45) is 0 Å². The van der Waals surface area contributed by atoms with E-state index in [-0.39, 0.29) is 11.0 Å². The summed E-state index contributed by atoms with van der Waals surface area (Å²) in [5.74, 6) is 2.57. The Balaban J connectivity index is 2.74. The molecule has 0 heterocycles. The van der Waals surface area contributed by atoms with E-state index >= 15 is 0 Å². The summed E-state index contributed by atoms with van der Waals surface area (Å²) in [4.78, 5) is 0.214. The summed E-state index contributed by atoms with van der Waals surface area (Å²) in [6, 6.07) is 6.72. The molecule has 0 spiro atoms. The van der Waals surface area contributed by atoms with Crippen molar-refractivity contribution in [1.82, 2.24) is 0 Å². The third-order valence-corrected chi connectivity index (χ3v) is 4.67. The molecule has 1 aromatic carbocycles. The maximum absolute atomic E-state index is 12.3. The molecular formula is C17H24O3S. The second kappa shape index (κ2) is 8.86. The van der Waals surface area contributed by atoms with Crippen LogP contribution in [0.2, 0.25) is 0 Å². The van der Waals surface area contributed by atoms with Gasteiger partial charge in [-0.15, -0.1) is 12.3 Å². The van der Waals surface area contributed by atoms with Gasteiger partial charge in [-0.3, -0.25) is 4.18 Å². The molecule has 1 unspecified atom stereocenters. The first kappa shape index (κ1) is 17.7. The number of rotatable bonds is 9. The molecule has 0 saturated carbocycles. The standard InChI is InChI=1S/C17H24O3S/c1-4-6-8-10-16(9-7-5-2)20-21(18,19)17-13-11-15(3)12-14-17/h1,11-14,16H,5-10H2,2-3H3. The van der Waals surface area contributed by atoms with Gasteiger partial charge in [0.1, 0.15) is 0 Å². The number of unbranched alkanes of at least 4 members (excludes halogenated alkanes) is 2. The van der Waals surface area contributed by atoms with Gasteiger partial charge in [0.25, 0.3) is 10.1 Å². The van der Waals surface area contributed by atoms with Gasteiger partial charge in [-0.25, -0.2) is 0 Å². The molecule has 0 aliphatic rings. The lowest BCUT2D eigenvalue weighted by Gasteiger charge is -2.17. The number of hydrogen-bond acceptors (Lipinski definition) is 3. The highest BCUT2D eigenvalue weighted by Gasteiger charge is 2.21. The van der Waals surface area contributed by atoms with Gasteiger partial charge in [0, 0.05) is 6.42 Å². The number of hydrogen-bond donors (Lipinski definition) is 0. The van der Waals surface area contributed by atoms with E-state index in [4.69, 9.17) is 10.6 Å². The van der Waals surface area contributed by atoms with Crippen LogP contribution < -0.4 is 0 Å². The fourth-order valence-corrected chi connectivity index (χ4v) is 3.18. The van der Waals surface area contributed by atoms with Crippen molar-refractivity contribution in [1.29, 1.82) is 0 Å². The summed E-state index contributed by atoms with van der Waals surface area (Å²) < 4.78 is 30.0. The van der Waals surface area contributed by atoms with E-state index in [2.05, 4.69) is 12.8 Å². The average Bonchev–Trinajstić information content (AvgIpc) is 2.45. The van der Waals surface area contributed by atoms with Gasteiger partial charge in [-0.2, -0.15) is 8.42 Å². The van der Waals surface area contributed by atoms with Crippen LogP contribution in [0.5, 0.6) is 0 Å². The van der Waals surface area contributed by atoms with Gasteiger partial charge < -0.3 is 0 Å². The monoisotopic (exact) mass is 308 g/mol. The summed E-state index contributed by atoms with van der Waals surface area (Å²) in [6.45, 7) is 3.99. The first-order valence-electron chi connectivity index (χ1n) is 7.43. The highest BCUT2D eigenvalue weighted by molar-refractivity contribution is 7.86. The molecule has 0 N–H and O–H groups in total. The molecule has 0 fully saturated rings. The van der Waals surface area contributed by atoms with Crippen molar-refractivity contribution in [2.45, 2.75) is 63.4 Å². The van der Waals surface area contributed by atoms with E-state index in [9.17, 15) is 8.42 Å². The number of benzene rings is 1. The van der Waals surface area contributed by atoms with E-state index in [1.807, 2.05) is 6.92 Å². The highest BCUT2D eigenvalue weighted by atomic mass is 32.2. The van der Waals surface area contributed by atoms with Crippen molar-refractivity contribution in [3.05, 3.63) is 29.8 Å². The van der Waals surface area contributed by atoms with Gasteiger partial charge in [0.15, 0.2) is 0 Å². The zero-order chi connectivity index (χ0) is 15.7. The van der Waals surface area contributed by atoms with Gasteiger partial charge in [0.2, 0.25) is 0 Å². The van der Waals surface area contributed by atoms with Gasteiger partial charge in [-0.1, -0.05) is 37.5 Å². The minimum Gasteiger partial charge on any atom is -0.263 e. The normalized spacial score (nSPS) is 12.8. The molecule has 4 heteroatoms. The summed E-state index contributed by atoms with van der Waals surface area (Å²) in [5, 5.41) is 0. The summed E-state index contributed by atoms with van der Waals surface area (Å²) >= 11 is 0. The highest BCUT2D eigenvalue weighted by Crippen LogP contribution is 2.20. The quantitative estimate of drug-likeness (QED) is 0.392. The Morgan fingerprint density at radius 3 is 2.38 bits per heavy atom. The van der Waals surface area contributed by atoms with E-state index < -0.39 is 10.1 Å². The Morgan fingerprint density at radius 2 is 1.81 bits per heavy atom. The Morgan fingerprint density at radius 1 is 1.19 bits per heavy atom. The molecule has 1 aromatic rings. The molecular weight excluding hydrogens is 284 g/mol. The van der Waals surface area contributed by atoms with Crippen LogP contribution in [0.15, 0.2) is 29.2 Å². The third-order valence-electron chi connectivity index (χ3n) is 3.30. The number of aryl methyl sites for hydroxylation is 1. The lowest BCUT2D eigenvalue weighted by molar-refractivity contribution is 0.183. The van der Waals surface area contributed by atoms with Crippen molar-refractivity contribution >= 4 is 10.1 Å². The SMILES string of the molecule is C#CCCCC(CCCC)OS(=O)(=O)c1ccc(C)cc1. The summed E-state index contributed by atoms with van der Waals surface area (Å²) in [7, 11) is -3.70. The van der Waals surface area contributed by atoms with Crippen LogP contribution in [0.3, 0.4) is 0 Å². The van der Waals surface area contributed by atoms with Gasteiger partial charge >= 0.3 is 0 Å². The molecule has 0 saturated heterocycles. The molecule has 21 heavy (non-hydrogen) atoms. The zero-order valence-electron chi connectivity index (χ0n) is 12.8. The number of terminal acetylenes is 1. The van der Waals surface area contributed by atoms with Gasteiger partial charge in [-0.05, 0) is 38.3 Å². The fraction of sp³-hybridized carbons (Fsp3) is 0.529. The van der Waals surface area contributed by atoms with Crippen molar-refractivity contribution < 1.29 is 12.6 Å². The van der Waals surface area contributed by atoms with Crippen molar-refractivity contribution in [3.8, 4) is 12.3 Å². The van der Waals surface area contributed by atoms with Crippen molar-refractivity contribution in [3.63, 3.8) is 0 Å². The molecule has 116 valence electrons. The predicted molar refractivity (Wildman–Crippen MR) is 85.4 cm³/mol. The maximum atomic E-state index is 12.3. The zero-order valence-corrected chi connectivity index (χ0v) is 13.7. The molecule has 0 aliphatic carbocycles. The summed E-state index contributed by atoms with van der Waals surface area (Å²) in [5.41, 5.74) is 1.02. The van der Waals surface area contributed by atoms with E-state index in [1.54, 1.807) is 24.3 Å². The smallest absolute Gasteiger partial charge is 0.263 e. The molecule has 0 aliphatic heterocycles. The third kappa shape index (κ3) is 6.33. The van der Waals surface area contributed by atoms with Crippen LogP contribution >= 0.6 is 0 Å². The second-order valence-corrected chi connectivity index (χ2v) is 6.80. The Hall–Kier alpha value is -1.31. The Kier molecular flexibility index (Phi) is 7.49. The van der Waals surface area contributed by atoms with E-state index in [0.717, 1.165) is 31.2 Å². The molecule has 1 atom stereocenters. The minimum absolute atomic E-state index is 0.214. The van der Waals surface area contributed by atoms with E-state index in [0.29, 0.717) is 12.8 Å². The van der Waals surface area contributed by atoms with Crippen LogP contribution in [0, 0.1) is 19.3 Å². The molecule has 0 amide bonds. The topological polar surface area (TPSA) is 43.4 Å². The Bertz CT molecular complexity index is 553. The van der Waals surface area contributed by atoms with Crippen LogP contribution in [-0.4, -0.2) is 14.5 Å². The molecule has 3 nitrogen and oxygen atoms in total. The minimum atomic E-state index is -3.70. The van der Waals surface area contributed by atoms with Crippen LogP contribution in [0.4, 0.5) is 0 Å². The van der Waals surface area contributed by atoms with Crippen LogP contribution in [0.1, 0.15) is 51.0 Å². The largest absolute Gasteiger partial charge is 0.297 e. The van der Waals surface area contributed by atoms with Gasteiger partial charge in [0.05, 0.1) is 11.0 Å². The fourth-order valence-electron chi connectivity index (χ4n) is 2.04. The molecule has 0 bridgehead atoms. The predicted octanol–water partition coefficient (Wildman–Crippen LogP) is 4.06. The van der Waals surface area contributed by atoms with Crippen LogP contribution in [0.25, 0.3) is 0 Å². The lowest BCUT2D eigenvalue weighted by Crippen LogP contribution is -2.19. The molecule has 0 radical (unpaired) electrons. The lowest BCUT2D eigenvalue weighted by atomic mass is 10.1. The van der Waals surface area contributed by atoms with E-state index in [1.165, 1.54) is 0 Å². The molecule has 1 rings (SSSR count). The molecule has 0 aromatic heterocycles. The average molecular weight is 308 g/mol. The van der Waals surface area contributed by atoms with Crippen LogP contribution in [-0.2, 0) is 14.3 Å². The Labute approximate surface area is 128 Å². The first-order chi connectivity index (χ1) is 9.99. The maximum Gasteiger partial charge on any atom is 0.297 e.